The number of rotatable bonds is 4. The molecule has 0 spiro atoms. The van der Waals surface area contributed by atoms with Crippen molar-refractivity contribution in [3.63, 3.8) is 0 Å². The third-order valence-corrected chi connectivity index (χ3v) is 6.65. The normalized spacial score (nSPS) is 18.2. The second-order valence-corrected chi connectivity index (χ2v) is 8.81. The van der Waals surface area contributed by atoms with Gasteiger partial charge in [0, 0.05) is 55.1 Å². The molecule has 6 nitrogen and oxygen atoms in total. The van der Waals surface area contributed by atoms with E-state index in [2.05, 4.69) is 31.9 Å². The Labute approximate surface area is 181 Å². The Morgan fingerprint density at radius 1 is 0.903 bits per heavy atom. The molecule has 0 unspecified atom stereocenters. The lowest BCUT2D eigenvalue weighted by atomic mass is 10.0. The lowest BCUT2D eigenvalue weighted by molar-refractivity contribution is 0.104. The van der Waals surface area contributed by atoms with Gasteiger partial charge in [-0.3, -0.25) is 9.69 Å². The molecule has 2 N–H and O–H groups in total. The summed E-state index contributed by atoms with van der Waals surface area (Å²) in [7, 11) is 0. The van der Waals surface area contributed by atoms with Gasteiger partial charge >= 0.3 is 0 Å². The summed E-state index contributed by atoms with van der Waals surface area (Å²) in [6.07, 6.45) is 2.79. The van der Waals surface area contributed by atoms with Crippen LogP contribution in [0.2, 0.25) is 0 Å². The maximum absolute atomic E-state index is 13.3. The highest BCUT2D eigenvalue weighted by molar-refractivity contribution is 6.24. The monoisotopic (exact) mass is 411 g/mol. The van der Waals surface area contributed by atoms with Crippen molar-refractivity contribution < 1.29 is 4.79 Å². The number of anilines is 2. The number of hydrogen-bond donors (Lipinski definition) is 1. The van der Waals surface area contributed by atoms with Crippen molar-refractivity contribution in [2.45, 2.75) is 12.8 Å². The lowest BCUT2D eigenvalue weighted by Crippen LogP contribution is -2.47. The van der Waals surface area contributed by atoms with Gasteiger partial charge in [-0.1, -0.05) is 30.3 Å². The van der Waals surface area contributed by atoms with Crippen molar-refractivity contribution in [1.29, 1.82) is 0 Å². The van der Waals surface area contributed by atoms with E-state index in [9.17, 15) is 4.79 Å². The first-order chi connectivity index (χ1) is 15.2. The maximum Gasteiger partial charge on any atom is 0.221 e. The smallest absolute Gasteiger partial charge is 0.221 e. The van der Waals surface area contributed by atoms with E-state index in [4.69, 9.17) is 5.73 Å². The van der Waals surface area contributed by atoms with Crippen LogP contribution in [0.15, 0.2) is 48.5 Å². The molecule has 2 aromatic carbocycles. The minimum absolute atomic E-state index is 0.0235. The summed E-state index contributed by atoms with van der Waals surface area (Å²) in [6.45, 7) is 5.45. The second-order valence-electron chi connectivity index (χ2n) is 8.81. The van der Waals surface area contributed by atoms with E-state index < -0.39 is 0 Å². The van der Waals surface area contributed by atoms with Crippen LogP contribution < -0.4 is 10.6 Å². The number of nitrogen functional groups attached to an aromatic ring is 1. The van der Waals surface area contributed by atoms with Gasteiger partial charge in [0.2, 0.25) is 5.95 Å². The molecule has 1 aliphatic heterocycles. The molecule has 0 amide bonds. The van der Waals surface area contributed by atoms with Crippen LogP contribution in [0.1, 0.15) is 28.8 Å². The summed E-state index contributed by atoms with van der Waals surface area (Å²) in [6, 6.07) is 15.8. The van der Waals surface area contributed by atoms with Crippen molar-refractivity contribution in [2.75, 3.05) is 43.4 Å². The molecule has 31 heavy (non-hydrogen) atoms. The average molecular weight is 412 g/mol. The Balaban J connectivity index is 1.34. The van der Waals surface area contributed by atoms with Crippen LogP contribution in [0.5, 0.6) is 0 Å². The highest BCUT2D eigenvalue weighted by atomic mass is 16.1. The molecule has 0 atom stereocenters. The Morgan fingerprint density at radius 2 is 1.65 bits per heavy atom. The average Bonchev–Trinajstić information content (AvgIpc) is 3.58. The van der Waals surface area contributed by atoms with Crippen LogP contribution in [0.4, 0.5) is 11.6 Å². The SMILES string of the molecule is Nc1nc(-c2ccccc2)c2c(n1)-c1cc(N3CCN(CC4CC4)CC3)ccc1C2=O. The fourth-order valence-corrected chi connectivity index (χ4v) is 4.80. The zero-order valence-corrected chi connectivity index (χ0v) is 17.4. The summed E-state index contributed by atoms with van der Waals surface area (Å²) in [5, 5.41) is 0. The van der Waals surface area contributed by atoms with Crippen molar-refractivity contribution in [1.82, 2.24) is 14.9 Å². The first kappa shape index (κ1) is 18.5. The number of carbonyl (C=O) groups is 1. The van der Waals surface area contributed by atoms with E-state index in [-0.39, 0.29) is 11.7 Å². The van der Waals surface area contributed by atoms with Crippen LogP contribution in [-0.4, -0.2) is 53.4 Å². The summed E-state index contributed by atoms with van der Waals surface area (Å²) >= 11 is 0. The number of piperazine rings is 1. The Bertz CT molecular complexity index is 1160. The molecule has 1 saturated heterocycles. The number of fused-ring (bicyclic) bond motifs is 3. The molecule has 1 aromatic heterocycles. The minimum Gasteiger partial charge on any atom is -0.369 e. The third-order valence-electron chi connectivity index (χ3n) is 6.65. The molecule has 0 radical (unpaired) electrons. The number of benzene rings is 2. The number of hydrogen-bond acceptors (Lipinski definition) is 6. The maximum atomic E-state index is 13.3. The number of nitrogens with two attached hydrogens (primary N) is 1. The standard InChI is InChI=1S/C25H25N5O/c26-25-27-22(17-4-2-1-3-5-17)21-23(28-25)20-14-18(8-9-19(20)24(21)31)30-12-10-29(11-13-30)15-16-6-7-16/h1-5,8-9,14,16H,6-7,10-13,15H2,(H2,26,27,28). The van der Waals surface area contributed by atoms with Gasteiger partial charge in [-0.05, 0) is 37.0 Å². The zero-order valence-electron chi connectivity index (χ0n) is 17.4. The van der Waals surface area contributed by atoms with E-state index in [1.54, 1.807) is 0 Å². The summed E-state index contributed by atoms with van der Waals surface area (Å²) in [4.78, 5) is 27.2. The van der Waals surface area contributed by atoms with Crippen LogP contribution in [0.3, 0.4) is 0 Å². The lowest BCUT2D eigenvalue weighted by Gasteiger charge is -2.36. The topological polar surface area (TPSA) is 75.3 Å². The molecule has 3 aromatic rings. The molecule has 2 fully saturated rings. The van der Waals surface area contributed by atoms with Crippen LogP contribution >= 0.6 is 0 Å². The Kier molecular flexibility index (Phi) is 4.28. The van der Waals surface area contributed by atoms with Gasteiger partial charge in [0.15, 0.2) is 5.78 Å². The van der Waals surface area contributed by atoms with Gasteiger partial charge in [0.25, 0.3) is 0 Å². The van der Waals surface area contributed by atoms with Gasteiger partial charge in [0.1, 0.15) is 0 Å². The minimum atomic E-state index is -0.0235. The summed E-state index contributed by atoms with van der Waals surface area (Å²) in [5.74, 6) is 1.10. The number of aromatic nitrogens is 2. The number of ketones is 1. The molecule has 2 heterocycles. The molecular formula is C25H25N5O. The van der Waals surface area contributed by atoms with Crippen molar-refractivity contribution in [2.24, 2.45) is 5.92 Å². The summed E-state index contributed by atoms with van der Waals surface area (Å²) in [5.41, 5.74) is 11.5. The predicted octanol–water partition coefficient (Wildman–Crippen LogP) is 3.47. The van der Waals surface area contributed by atoms with Gasteiger partial charge in [-0.15, -0.1) is 0 Å². The highest BCUT2D eigenvalue weighted by Crippen LogP contribution is 2.41. The van der Waals surface area contributed by atoms with E-state index in [0.717, 1.165) is 48.9 Å². The molecule has 3 aliphatic rings. The Hall–Kier alpha value is -3.25. The second kappa shape index (κ2) is 7.17. The molecule has 156 valence electrons. The fourth-order valence-electron chi connectivity index (χ4n) is 4.80. The van der Waals surface area contributed by atoms with Gasteiger partial charge < -0.3 is 10.6 Å². The highest BCUT2D eigenvalue weighted by Gasteiger charge is 2.33. The number of carbonyl (C=O) groups excluding carboxylic acids is 1. The van der Waals surface area contributed by atoms with Crippen LogP contribution in [0.25, 0.3) is 22.5 Å². The third kappa shape index (κ3) is 3.27. The zero-order chi connectivity index (χ0) is 20.9. The van der Waals surface area contributed by atoms with Crippen LogP contribution in [0, 0.1) is 5.92 Å². The van der Waals surface area contributed by atoms with Crippen molar-refractivity contribution >= 4 is 17.4 Å². The van der Waals surface area contributed by atoms with Crippen molar-refractivity contribution in [3.05, 3.63) is 59.7 Å². The van der Waals surface area contributed by atoms with E-state index in [0.29, 0.717) is 22.5 Å². The fraction of sp³-hybridized carbons (Fsp3) is 0.320. The number of nitrogens with zero attached hydrogens (tertiary/aromatic N) is 4. The van der Waals surface area contributed by atoms with E-state index >= 15 is 0 Å². The molecule has 2 aliphatic carbocycles. The van der Waals surface area contributed by atoms with E-state index in [1.807, 2.05) is 36.4 Å². The van der Waals surface area contributed by atoms with Gasteiger partial charge in [0.05, 0.1) is 17.0 Å². The molecule has 6 rings (SSSR count). The molecule has 1 saturated carbocycles. The Morgan fingerprint density at radius 3 is 2.39 bits per heavy atom. The van der Waals surface area contributed by atoms with Crippen molar-refractivity contribution in [3.8, 4) is 22.5 Å². The molecule has 6 heteroatoms. The van der Waals surface area contributed by atoms with Gasteiger partial charge in [-0.25, -0.2) is 9.97 Å². The largest absolute Gasteiger partial charge is 0.369 e. The summed E-state index contributed by atoms with van der Waals surface area (Å²) < 4.78 is 0. The van der Waals surface area contributed by atoms with Crippen LogP contribution in [-0.2, 0) is 0 Å². The first-order valence-corrected chi connectivity index (χ1v) is 11.1. The quantitative estimate of drug-likeness (QED) is 0.554. The van der Waals surface area contributed by atoms with E-state index in [1.165, 1.54) is 19.4 Å². The predicted molar refractivity (Wildman–Crippen MR) is 122 cm³/mol. The molecule has 0 bridgehead atoms. The molecular weight excluding hydrogens is 386 g/mol. The first-order valence-electron chi connectivity index (χ1n) is 11.1. The van der Waals surface area contributed by atoms with Gasteiger partial charge in [-0.2, -0.15) is 0 Å².